The maximum atomic E-state index is 12.4. The number of quaternary nitrogens is 2. The number of likely N-dealkylation sites (N-methyl/N-ethyl adjacent to an activating group) is 2. The fraction of sp³-hybridized carbons (Fsp3) is 0.939. The van der Waals surface area contributed by atoms with Gasteiger partial charge in [0.05, 0.1) is 40.3 Å². The Bertz CT molecular complexity index is 982. The zero-order chi connectivity index (χ0) is 27.8. The van der Waals surface area contributed by atoms with E-state index in [1.807, 2.05) is 0 Å². The van der Waals surface area contributed by atoms with Crippen molar-refractivity contribution in [2.75, 3.05) is 40.3 Å². The summed E-state index contributed by atoms with van der Waals surface area (Å²) in [4.78, 5) is 24.6. The van der Waals surface area contributed by atoms with E-state index in [-0.39, 0.29) is 77.5 Å². The highest BCUT2D eigenvalue weighted by atomic mass is 127. The average molecular weight is 799 g/mol. The maximum Gasteiger partial charge on any atom is 0.303 e. The summed E-state index contributed by atoms with van der Waals surface area (Å²) in [6.45, 7) is 13.3. The molecule has 6 nitrogen and oxygen atoms in total. The van der Waals surface area contributed by atoms with Crippen LogP contribution < -0.4 is 48.0 Å². The van der Waals surface area contributed by atoms with Crippen molar-refractivity contribution in [2.24, 2.45) is 34.5 Å². The fourth-order valence-electron chi connectivity index (χ4n) is 11.9. The van der Waals surface area contributed by atoms with Gasteiger partial charge in [-0.15, -0.1) is 0 Å². The second kappa shape index (κ2) is 12.3. The second-order valence-corrected chi connectivity index (χ2v) is 16.0. The average Bonchev–Trinajstić information content (AvgIpc) is 3.57. The number of esters is 2. The van der Waals surface area contributed by atoms with Crippen molar-refractivity contribution in [3.05, 3.63) is 0 Å². The largest absolute Gasteiger partial charge is 1.00 e. The molecule has 6 fully saturated rings. The van der Waals surface area contributed by atoms with Crippen LogP contribution in [0.5, 0.6) is 0 Å². The Morgan fingerprint density at radius 1 is 0.707 bits per heavy atom. The van der Waals surface area contributed by atoms with Gasteiger partial charge in [0.1, 0.15) is 12.1 Å². The number of carbonyl (C=O) groups is 2. The summed E-state index contributed by atoms with van der Waals surface area (Å²) in [6, 6.07) is 0.862. The fourth-order valence-corrected chi connectivity index (χ4v) is 11.9. The minimum Gasteiger partial charge on any atom is -1.00 e. The van der Waals surface area contributed by atoms with Crippen LogP contribution in [0.2, 0.25) is 0 Å². The number of likely N-dealkylation sites (tertiary alicyclic amines) is 2. The number of halogens is 2. The first-order valence-corrected chi connectivity index (χ1v) is 16.4. The highest BCUT2D eigenvalue weighted by Crippen LogP contribution is 2.68. The van der Waals surface area contributed by atoms with Gasteiger partial charge in [-0.3, -0.25) is 9.59 Å². The summed E-state index contributed by atoms with van der Waals surface area (Å²) in [7, 11) is 4.90. The number of rotatable bonds is 4. The number of carbonyl (C=O) groups excluding carboxylic acids is 2. The third kappa shape index (κ3) is 5.66. The summed E-state index contributed by atoms with van der Waals surface area (Å²) < 4.78 is 14.6. The van der Waals surface area contributed by atoms with Crippen LogP contribution in [0.15, 0.2) is 0 Å². The molecule has 0 unspecified atom stereocenters. The molecule has 6 rings (SSSR count). The molecule has 4 saturated carbocycles. The minimum atomic E-state index is -0.103. The van der Waals surface area contributed by atoms with Crippen molar-refractivity contribution < 1.29 is 76.0 Å². The monoisotopic (exact) mass is 798 g/mol. The molecule has 0 aromatic carbocycles. The number of hydrogen-bond acceptors (Lipinski definition) is 4. The van der Waals surface area contributed by atoms with Crippen molar-refractivity contribution in [1.82, 2.24) is 0 Å². The van der Waals surface area contributed by atoms with E-state index >= 15 is 0 Å². The topological polar surface area (TPSA) is 52.6 Å². The van der Waals surface area contributed by atoms with E-state index in [2.05, 4.69) is 27.9 Å². The van der Waals surface area contributed by atoms with Crippen LogP contribution in [0.25, 0.3) is 0 Å². The van der Waals surface area contributed by atoms with Crippen LogP contribution in [0.1, 0.15) is 98.3 Å². The smallest absolute Gasteiger partial charge is 0.303 e. The van der Waals surface area contributed by atoms with Gasteiger partial charge in [-0.05, 0) is 61.2 Å². The Balaban J connectivity index is 0.00000194. The molecule has 0 N–H and O–H groups in total. The number of nitrogens with zero attached hydrogens (tertiary/aromatic N) is 2. The lowest BCUT2D eigenvalue weighted by atomic mass is 9.44. The van der Waals surface area contributed by atoms with Crippen LogP contribution in [0.4, 0.5) is 0 Å². The quantitative estimate of drug-likeness (QED) is 0.216. The summed E-state index contributed by atoms with van der Waals surface area (Å²) in [6.07, 6.45) is 13.8. The molecular formula is C33H56I2N2O4. The molecule has 4 aliphatic carbocycles. The first-order valence-electron chi connectivity index (χ1n) is 16.4. The summed E-state index contributed by atoms with van der Waals surface area (Å²) in [5.74, 6) is 2.53. The number of fused-ring (bicyclic) bond motifs is 5. The van der Waals surface area contributed by atoms with Gasteiger partial charge in [0.15, 0.2) is 12.2 Å². The van der Waals surface area contributed by atoms with Crippen LogP contribution in [-0.2, 0) is 19.1 Å². The first-order chi connectivity index (χ1) is 18.4. The zero-order valence-electron chi connectivity index (χ0n) is 26.5. The predicted octanol–water partition coefficient (Wildman–Crippen LogP) is -0.662. The van der Waals surface area contributed by atoms with E-state index < -0.39 is 0 Å². The normalized spacial score (nSPS) is 45.7. The summed E-state index contributed by atoms with van der Waals surface area (Å²) >= 11 is 0. The third-order valence-corrected chi connectivity index (χ3v) is 14.0. The van der Waals surface area contributed by atoms with Crippen molar-refractivity contribution in [3.8, 4) is 0 Å². The molecule has 0 aromatic rings. The molecule has 2 saturated heterocycles. The van der Waals surface area contributed by atoms with Crippen molar-refractivity contribution in [3.63, 3.8) is 0 Å². The van der Waals surface area contributed by atoms with Gasteiger partial charge in [0, 0.05) is 57.8 Å². The zero-order valence-corrected chi connectivity index (χ0v) is 30.8. The van der Waals surface area contributed by atoms with E-state index in [1.54, 1.807) is 13.8 Å². The highest BCUT2D eigenvalue weighted by molar-refractivity contribution is 5.66. The van der Waals surface area contributed by atoms with Gasteiger partial charge < -0.3 is 66.4 Å². The molecule has 0 aromatic heterocycles. The van der Waals surface area contributed by atoms with Gasteiger partial charge in [0.25, 0.3) is 0 Å². The van der Waals surface area contributed by atoms with E-state index in [1.165, 1.54) is 90.4 Å². The molecule has 41 heavy (non-hydrogen) atoms. The Kier molecular flexibility index (Phi) is 10.2. The lowest BCUT2D eigenvalue weighted by Crippen LogP contribution is -3.00. The molecule has 236 valence electrons. The molecule has 0 spiro atoms. The summed E-state index contributed by atoms with van der Waals surface area (Å²) in [5, 5.41) is 0. The van der Waals surface area contributed by atoms with E-state index in [4.69, 9.17) is 9.47 Å². The van der Waals surface area contributed by atoms with E-state index in [9.17, 15) is 9.59 Å². The molecular weight excluding hydrogens is 742 g/mol. The summed E-state index contributed by atoms with van der Waals surface area (Å²) in [5.41, 5.74) is 0.392. The molecule has 10 atom stereocenters. The standard InChI is InChI=1S/C33H56N2O4.2HI/c1-22(36)38-30-19-24-11-12-25-26(33(24,4)21-29(30)35(6)17-9-10-18-35)13-14-32(3)27(25)20-28(31(32)39-23(2)37)34(5)15-7-8-16-34;;/h24-31H,7-21H2,1-6H3;2*1H/q+2;;/p-2/t24-,25+,26-,27-,28-,29-,30-,31+,32-,33-;;/m0../s1. The molecule has 0 bridgehead atoms. The Hall–Kier alpha value is 0.320. The Morgan fingerprint density at radius 2 is 1.27 bits per heavy atom. The highest BCUT2D eigenvalue weighted by Gasteiger charge is 2.68. The van der Waals surface area contributed by atoms with Crippen LogP contribution in [0.3, 0.4) is 0 Å². The van der Waals surface area contributed by atoms with Crippen molar-refractivity contribution in [2.45, 2.75) is 123 Å². The molecule has 6 aliphatic rings. The molecule has 2 aliphatic heterocycles. The number of ether oxygens (including phenoxy) is 2. The van der Waals surface area contributed by atoms with Gasteiger partial charge in [-0.25, -0.2) is 0 Å². The van der Waals surface area contributed by atoms with Crippen LogP contribution in [-0.4, -0.2) is 85.5 Å². The number of hydrogen-bond donors (Lipinski definition) is 0. The minimum absolute atomic E-state index is 0. The lowest BCUT2D eigenvalue weighted by Gasteiger charge is -2.62. The van der Waals surface area contributed by atoms with E-state index in [0.717, 1.165) is 27.2 Å². The Labute approximate surface area is 283 Å². The second-order valence-electron chi connectivity index (χ2n) is 16.0. The molecule has 2 heterocycles. The lowest BCUT2D eigenvalue weighted by molar-refractivity contribution is -0.927. The maximum absolute atomic E-state index is 12.4. The molecule has 0 radical (unpaired) electrons. The van der Waals surface area contributed by atoms with Gasteiger partial charge in [-0.1, -0.05) is 13.8 Å². The Morgan fingerprint density at radius 3 is 1.83 bits per heavy atom. The molecule has 8 heteroatoms. The van der Waals surface area contributed by atoms with Crippen molar-refractivity contribution in [1.29, 1.82) is 0 Å². The van der Waals surface area contributed by atoms with Gasteiger partial charge >= 0.3 is 11.9 Å². The van der Waals surface area contributed by atoms with Crippen molar-refractivity contribution >= 4 is 11.9 Å². The SMILES string of the molecule is CC(=O)O[C@H]1C[C@@H]2CC[C@@H]3[C@H](CC[C@]4(C)[C@H](OC(C)=O)[C@@H]([N+]5(C)CCCC5)C[C@@H]34)[C@@]2(C)C[C@@H]1[N+]1(C)CCCC1.[I-].[I-]. The third-order valence-electron chi connectivity index (χ3n) is 14.0. The van der Waals surface area contributed by atoms with Gasteiger partial charge in [-0.2, -0.15) is 0 Å². The van der Waals surface area contributed by atoms with Crippen LogP contribution in [0, 0.1) is 34.5 Å². The predicted molar refractivity (Wildman–Crippen MR) is 151 cm³/mol. The molecule has 0 amide bonds. The van der Waals surface area contributed by atoms with E-state index in [0.29, 0.717) is 29.3 Å². The van der Waals surface area contributed by atoms with Gasteiger partial charge in [0.2, 0.25) is 0 Å². The first kappa shape index (κ1) is 34.2. The van der Waals surface area contributed by atoms with Crippen LogP contribution >= 0.6 is 0 Å².